The van der Waals surface area contributed by atoms with Crippen molar-refractivity contribution in [3.63, 3.8) is 0 Å². The van der Waals surface area contributed by atoms with Gasteiger partial charge < -0.3 is 5.73 Å². The van der Waals surface area contributed by atoms with Gasteiger partial charge in [-0.3, -0.25) is 5.10 Å². The lowest BCUT2D eigenvalue weighted by Gasteiger charge is -2.11. The predicted molar refractivity (Wildman–Crippen MR) is 110 cm³/mol. The fraction of sp³-hybridized carbons (Fsp3) is 0.150. The Bertz CT molecular complexity index is 1300. The van der Waals surface area contributed by atoms with Crippen molar-refractivity contribution in [2.45, 2.75) is 13.3 Å². The standard InChI is InChI=1S/C20H18F2N8O/c1-11-5-15(12-3-2-4-13(6-12)18-25-10-26-28-18)9-24-19(11)30-16(27-29-20(30)31)7-14(8-23)17(21)22/h2-6,9-10H,7-8,23H2,1H3,(H,29,31)(H,25,26,28). The second-order valence-electron chi connectivity index (χ2n) is 6.80. The first-order valence-electron chi connectivity index (χ1n) is 9.30. The van der Waals surface area contributed by atoms with Crippen molar-refractivity contribution in [2.24, 2.45) is 5.73 Å². The molecule has 4 aromatic rings. The van der Waals surface area contributed by atoms with Gasteiger partial charge in [-0.15, -0.1) is 0 Å². The van der Waals surface area contributed by atoms with Crippen molar-refractivity contribution in [3.05, 3.63) is 76.4 Å². The summed E-state index contributed by atoms with van der Waals surface area (Å²) in [5.41, 5.74) is 7.77. The normalized spacial score (nSPS) is 11.0. The van der Waals surface area contributed by atoms with Gasteiger partial charge in [0.1, 0.15) is 18.0 Å². The Balaban J connectivity index is 1.72. The molecule has 0 atom stereocenters. The second kappa shape index (κ2) is 8.40. The van der Waals surface area contributed by atoms with Gasteiger partial charge in [0.25, 0.3) is 6.08 Å². The van der Waals surface area contributed by atoms with Crippen molar-refractivity contribution < 1.29 is 8.78 Å². The molecule has 0 aliphatic carbocycles. The van der Waals surface area contributed by atoms with Gasteiger partial charge in [0, 0.05) is 35.9 Å². The fourth-order valence-corrected chi connectivity index (χ4v) is 3.22. The molecule has 4 rings (SSSR count). The molecule has 0 saturated carbocycles. The lowest BCUT2D eigenvalue weighted by Crippen LogP contribution is -2.20. The zero-order chi connectivity index (χ0) is 22.0. The van der Waals surface area contributed by atoms with E-state index in [-0.39, 0.29) is 24.4 Å². The van der Waals surface area contributed by atoms with Gasteiger partial charge in [-0.1, -0.05) is 18.2 Å². The number of halogens is 2. The lowest BCUT2D eigenvalue weighted by molar-refractivity contribution is 0.407. The third-order valence-electron chi connectivity index (χ3n) is 4.77. The van der Waals surface area contributed by atoms with Gasteiger partial charge in [-0.05, 0) is 30.2 Å². The van der Waals surface area contributed by atoms with Crippen LogP contribution in [0.3, 0.4) is 0 Å². The number of hydrogen-bond donors (Lipinski definition) is 3. The SMILES string of the molecule is Cc1cc(-c2cccc(-c3ncn[nH]3)c2)cnc1-n1c(CC(CN)=C(F)F)n[nH]c1=O. The van der Waals surface area contributed by atoms with Crippen LogP contribution in [0.5, 0.6) is 0 Å². The summed E-state index contributed by atoms with van der Waals surface area (Å²) in [6.45, 7) is 1.45. The van der Waals surface area contributed by atoms with Gasteiger partial charge in [0.2, 0.25) is 0 Å². The van der Waals surface area contributed by atoms with Crippen molar-refractivity contribution in [1.29, 1.82) is 0 Å². The summed E-state index contributed by atoms with van der Waals surface area (Å²) in [4.78, 5) is 20.9. The number of aromatic amines is 2. The highest BCUT2D eigenvalue weighted by atomic mass is 19.3. The quantitative estimate of drug-likeness (QED) is 0.435. The van der Waals surface area contributed by atoms with Gasteiger partial charge in [-0.2, -0.15) is 19.0 Å². The summed E-state index contributed by atoms with van der Waals surface area (Å²) in [6, 6.07) is 9.52. The highest BCUT2D eigenvalue weighted by molar-refractivity contribution is 5.70. The molecule has 0 fully saturated rings. The van der Waals surface area contributed by atoms with Crippen LogP contribution >= 0.6 is 0 Å². The highest BCUT2D eigenvalue weighted by Crippen LogP contribution is 2.26. The minimum absolute atomic E-state index is 0.105. The van der Waals surface area contributed by atoms with Crippen LogP contribution in [-0.4, -0.2) is 41.5 Å². The molecule has 0 bridgehead atoms. The molecule has 0 aliphatic rings. The monoisotopic (exact) mass is 424 g/mol. The minimum Gasteiger partial charge on any atom is -0.327 e. The van der Waals surface area contributed by atoms with Crippen LogP contribution in [0.1, 0.15) is 11.4 Å². The Labute approximate surface area is 174 Å². The van der Waals surface area contributed by atoms with E-state index in [1.54, 1.807) is 13.1 Å². The van der Waals surface area contributed by atoms with E-state index >= 15 is 0 Å². The summed E-state index contributed by atoms with van der Waals surface area (Å²) >= 11 is 0. The second-order valence-corrected chi connectivity index (χ2v) is 6.80. The Hall–Kier alpha value is -3.99. The maximum Gasteiger partial charge on any atom is 0.349 e. The van der Waals surface area contributed by atoms with Crippen LogP contribution in [0.4, 0.5) is 8.78 Å². The average molecular weight is 424 g/mol. The maximum atomic E-state index is 13.0. The minimum atomic E-state index is -1.88. The van der Waals surface area contributed by atoms with Gasteiger partial charge in [0.15, 0.2) is 5.82 Å². The Morgan fingerprint density at radius 3 is 2.61 bits per heavy atom. The van der Waals surface area contributed by atoms with E-state index in [1.807, 2.05) is 30.3 Å². The van der Waals surface area contributed by atoms with E-state index in [2.05, 4.69) is 30.4 Å². The van der Waals surface area contributed by atoms with Crippen LogP contribution in [-0.2, 0) is 6.42 Å². The number of pyridine rings is 1. The Morgan fingerprint density at radius 1 is 1.13 bits per heavy atom. The summed E-state index contributed by atoms with van der Waals surface area (Å²) < 4.78 is 27.2. The number of rotatable bonds is 6. The topological polar surface area (TPSA) is 131 Å². The lowest BCUT2D eigenvalue weighted by atomic mass is 10.0. The number of nitrogens with zero attached hydrogens (tertiary/aromatic N) is 5. The molecule has 3 heterocycles. The van der Waals surface area contributed by atoms with Crippen LogP contribution < -0.4 is 11.4 Å². The molecule has 0 saturated heterocycles. The number of benzene rings is 1. The van der Waals surface area contributed by atoms with Crippen molar-refractivity contribution in [2.75, 3.05) is 6.54 Å². The first kappa shape index (κ1) is 20.3. The number of H-pyrrole nitrogens is 2. The smallest absolute Gasteiger partial charge is 0.327 e. The first-order chi connectivity index (χ1) is 15.0. The molecule has 0 amide bonds. The predicted octanol–water partition coefficient (Wildman–Crippen LogP) is 2.37. The molecule has 11 heteroatoms. The number of nitrogens with one attached hydrogen (secondary N) is 2. The summed E-state index contributed by atoms with van der Waals surface area (Å²) in [6.07, 6.45) is 0.902. The van der Waals surface area contributed by atoms with Gasteiger partial charge in [0.05, 0.1) is 0 Å². The Kier molecular flexibility index (Phi) is 5.50. The van der Waals surface area contributed by atoms with Gasteiger partial charge in [-0.25, -0.2) is 24.4 Å². The molecule has 0 spiro atoms. The third-order valence-corrected chi connectivity index (χ3v) is 4.77. The molecule has 3 aromatic heterocycles. The van der Waals surface area contributed by atoms with Crippen molar-refractivity contribution in [3.8, 4) is 28.3 Å². The molecular formula is C20H18F2N8O. The molecule has 9 nitrogen and oxygen atoms in total. The summed E-state index contributed by atoms with van der Waals surface area (Å²) in [7, 11) is 0. The molecular weight excluding hydrogens is 406 g/mol. The molecule has 0 radical (unpaired) electrons. The van der Waals surface area contributed by atoms with Crippen LogP contribution in [0, 0.1) is 6.92 Å². The van der Waals surface area contributed by atoms with Gasteiger partial charge >= 0.3 is 5.69 Å². The molecule has 0 unspecified atom stereocenters. The largest absolute Gasteiger partial charge is 0.349 e. The number of aryl methyl sites for hydroxylation is 1. The van der Waals surface area contributed by atoms with Crippen molar-refractivity contribution in [1.82, 2.24) is 34.9 Å². The fourth-order valence-electron chi connectivity index (χ4n) is 3.22. The van der Waals surface area contributed by atoms with E-state index in [0.717, 1.165) is 16.7 Å². The van der Waals surface area contributed by atoms with Crippen LogP contribution in [0.15, 0.2) is 59.3 Å². The summed E-state index contributed by atoms with van der Waals surface area (Å²) in [5, 5.41) is 12.8. The third kappa shape index (κ3) is 4.03. The zero-order valence-corrected chi connectivity index (χ0v) is 16.4. The van der Waals surface area contributed by atoms with E-state index in [9.17, 15) is 13.6 Å². The molecule has 1 aromatic carbocycles. The molecule has 4 N–H and O–H groups in total. The molecule has 158 valence electrons. The van der Waals surface area contributed by atoms with E-state index in [4.69, 9.17) is 5.73 Å². The molecule has 0 aliphatic heterocycles. The maximum absolute atomic E-state index is 13.0. The molecule has 31 heavy (non-hydrogen) atoms. The van der Waals surface area contributed by atoms with E-state index in [1.165, 1.54) is 10.9 Å². The van der Waals surface area contributed by atoms with Crippen LogP contribution in [0.2, 0.25) is 0 Å². The summed E-state index contributed by atoms with van der Waals surface area (Å²) in [5.74, 6) is 1.05. The first-order valence-corrected chi connectivity index (χ1v) is 9.30. The van der Waals surface area contributed by atoms with E-state index in [0.29, 0.717) is 17.2 Å². The van der Waals surface area contributed by atoms with Crippen molar-refractivity contribution >= 4 is 0 Å². The zero-order valence-electron chi connectivity index (χ0n) is 16.4. The van der Waals surface area contributed by atoms with E-state index < -0.39 is 11.8 Å². The number of aromatic nitrogens is 7. The Morgan fingerprint density at radius 2 is 1.94 bits per heavy atom. The average Bonchev–Trinajstić information content (AvgIpc) is 3.42. The van der Waals surface area contributed by atoms with Crippen LogP contribution in [0.25, 0.3) is 28.3 Å². The highest BCUT2D eigenvalue weighted by Gasteiger charge is 2.17. The number of hydrogen-bond acceptors (Lipinski definition) is 6. The number of nitrogens with two attached hydrogens (primary N) is 1.